The molecule has 1 atom stereocenters. The first-order valence-electron chi connectivity index (χ1n) is 3.91. The minimum absolute atomic E-state index is 0.145. The van der Waals surface area contributed by atoms with Gasteiger partial charge in [0, 0.05) is 11.7 Å². The highest BCUT2D eigenvalue weighted by Crippen LogP contribution is 2.44. The van der Waals surface area contributed by atoms with Crippen molar-refractivity contribution < 1.29 is 9.46 Å². The summed E-state index contributed by atoms with van der Waals surface area (Å²) >= 11 is 0. The molecule has 0 radical (unpaired) electrons. The topological polar surface area (TPSA) is 49.3 Å². The lowest BCUT2D eigenvalue weighted by molar-refractivity contribution is 0.457. The highest BCUT2D eigenvalue weighted by Gasteiger charge is 2.22. The van der Waals surface area contributed by atoms with Gasteiger partial charge in [-0.1, -0.05) is 27.7 Å². The minimum atomic E-state index is -2.93. The Hall–Kier alpha value is 0.150. The molecule has 11 heavy (non-hydrogen) atoms. The average molecular weight is 179 g/mol. The summed E-state index contributed by atoms with van der Waals surface area (Å²) in [5, 5.41) is 2.95. The van der Waals surface area contributed by atoms with Crippen molar-refractivity contribution in [2.45, 2.75) is 39.4 Å². The van der Waals surface area contributed by atoms with Gasteiger partial charge in [0.05, 0.1) is 6.29 Å². The van der Waals surface area contributed by atoms with Crippen molar-refractivity contribution in [3.05, 3.63) is 0 Å². The van der Waals surface area contributed by atoms with Gasteiger partial charge in [-0.05, 0) is 0 Å². The largest absolute Gasteiger partial charge is 0.343 e. The molecule has 0 aromatic rings. The molecule has 0 fully saturated rings. The third-order valence-corrected chi connectivity index (χ3v) is 3.78. The van der Waals surface area contributed by atoms with Crippen LogP contribution in [0.2, 0.25) is 0 Å². The van der Waals surface area contributed by atoms with E-state index in [1.54, 1.807) is 13.8 Å². The highest BCUT2D eigenvalue weighted by atomic mass is 31.2. The second-order valence-electron chi connectivity index (χ2n) is 3.37. The normalized spacial score (nSPS) is 17.4. The van der Waals surface area contributed by atoms with E-state index in [0.29, 0.717) is 0 Å². The molecule has 3 nitrogen and oxygen atoms in total. The van der Waals surface area contributed by atoms with E-state index in [4.69, 9.17) is 0 Å². The Morgan fingerprint density at radius 3 is 2.09 bits per heavy atom. The molecule has 68 valence electrons. The molecule has 0 aliphatic rings. The van der Waals surface area contributed by atoms with Crippen LogP contribution in [0.4, 0.5) is 0 Å². The predicted octanol–water partition coefficient (Wildman–Crippen LogP) is 1.62. The van der Waals surface area contributed by atoms with Crippen molar-refractivity contribution in [1.29, 1.82) is 0 Å². The monoisotopic (exact) mass is 179 g/mol. The maximum Gasteiger partial charge on any atom is 0.216 e. The summed E-state index contributed by atoms with van der Waals surface area (Å²) in [4.78, 5) is 9.33. The van der Waals surface area contributed by atoms with E-state index in [0.717, 1.165) is 0 Å². The Balaban J connectivity index is 3.84. The van der Waals surface area contributed by atoms with Gasteiger partial charge >= 0.3 is 0 Å². The van der Waals surface area contributed by atoms with Crippen LogP contribution >= 0.6 is 7.37 Å². The molecule has 0 saturated heterocycles. The van der Waals surface area contributed by atoms with Gasteiger partial charge in [-0.25, -0.2) is 0 Å². The maximum atomic E-state index is 11.3. The molecule has 0 amide bonds. The van der Waals surface area contributed by atoms with Crippen LogP contribution in [-0.2, 0) is 4.57 Å². The van der Waals surface area contributed by atoms with E-state index in [9.17, 15) is 9.46 Å². The highest BCUT2D eigenvalue weighted by molar-refractivity contribution is 7.58. The molecule has 0 aliphatic carbocycles. The summed E-state index contributed by atoms with van der Waals surface area (Å²) in [6.07, 6.45) is 0.225. The third kappa shape index (κ3) is 4.57. The Morgan fingerprint density at radius 1 is 1.36 bits per heavy atom. The molecule has 2 N–H and O–H groups in total. The standard InChI is InChI=1S/C7H18NO2P/c1-6(2)8-5-11(9,10)7(3)4/h6-8H,5H2,1-4H3,(H,9,10). The first-order chi connectivity index (χ1) is 4.86. The van der Waals surface area contributed by atoms with Gasteiger partial charge in [-0.2, -0.15) is 0 Å². The molecule has 0 aromatic carbocycles. The summed E-state index contributed by atoms with van der Waals surface area (Å²) in [6, 6.07) is 0.272. The van der Waals surface area contributed by atoms with E-state index in [1.165, 1.54) is 0 Å². The van der Waals surface area contributed by atoms with Crippen LogP contribution in [0.5, 0.6) is 0 Å². The Labute approximate surface area is 68.6 Å². The van der Waals surface area contributed by atoms with Crippen molar-refractivity contribution in [3.63, 3.8) is 0 Å². The first-order valence-corrected chi connectivity index (χ1v) is 5.82. The molecule has 0 spiro atoms. The van der Waals surface area contributed by atoms with Gasteiger partial charge < -0.3 is 10.2 Å². The number of nitrogens with one attached hydrogen (secondary N) is 1. The molecule has 0 aromatic heterocycles. The van der Waals surface area contributed by atoms with Crippen molar-refractivity contribution in [1.82, 2.24) is 5.32 Å². The fourth-order valence-corrected chi connectivity index (χ4v) is 1.49. The van der Waals surface area contributed by atoms with Crippen LogP contribution in [0.1, 0.15) is 27.7 Å². The second-order valence-corrected chi connectivity index (χ2v) is 6.23. The zero-order valence-electron chi connectivity index (χ0n) is 7.66. The van der Waals surface area contributed by atoms with Crippen LogP contribution in [-0.4, -0.2) is 22.9 Å². The van der Waals surface area contributed by atoms with Crippen LogP contribution in [0.15, 0.2) is 0 Å². The lowest BCUT2D eigenvalue weighted by Crippen LogP contribution is -2.25. The second kappa shape index (κ2) is 4.24. The Morgan fingerprint density at radius 2 is 1.82 bits per heavy atom. The molecule has 0 bridgehead atoms. The smallest absolute Gasteiger partial charge is 0.216 e. The van der Waals surface area contributed by atoms with E-state index in [2.05, 4.69) is 5.32 Å². The van der Waals surface area contributed by atoms with Crippen LogP contribution < -0.4 is 5.32 Å². The zero-order valence-corrected chi connectivity index (χ0v) is 8.56. The van der Waals surface area contributed by atoms with Crippen molar-refractivity contribution in [2.75, 3.05) is 6.29 Å². The quantitative estimate of drug-likeness (QED) is 0.645. The molecule has 0 heterocycles. The molecule has 0 saturated carbocycles. The van der Waals surface area contributed by atoms with Gasteiger partial charge in [0.1, 0.15) is 0 Å². The molecular formula is C7H18NO2P. The summed E-state index contributed by atoms with van der Waals surface area (Å²) in [6.45, 7) is 7.45. The van der Waals surface area contributed by atoms with Gasteiger partial charge in [0.15, 0.2) is 0 Å². The van der Waals surface area contributed by atoms with Crippen molar-refractivity contribution >= 4 is 7.37 Å². The van der Waals surface area contributed by atoms with Gasteiger partial charge in [0.25, 0.3) is 0 Å². The van der Waals surface area contributed by atoms with Crippen LogP contribution in [0, 0.1) is 0 Å². The van der Waals surface area contributed by atoms with Crippen molar-refractivity contribution in [2.24, 2.45) is 0 Å². The summed E-state index contributed by atoms with van der Waals surface area (Å²) in [7, 11) is -2.93. The van der Waals surface area contributed by atoms with E-state index >= 15 is 0 Å². The SMILES string of the molecule is CC(C)NCP(=O)(O)C(C)C. The van der Waals surface area contributed by atoms with E-state index < -0.39 is 7.37 Å². The Kier molecular flexibility index (Phi) is 4.30. The van der Waals surface area contributed by atoms with Gasteiger partial charge in [-0.15, -0.1) is 0 Å². The summed E-state index contributed by atoms with van der Waals surface area (Å²) < 4.78 is 11.3. The lowest BCUT2D eigenvalue weighted by atomic mass is 10.4. The number of hydrogen-bond acceptors (Lipinski definition) is 2. The number of hydrogen-bond donors (Lipinski definition) is 2. The lowest BCUT2D eigenvalue weighted by Gasteiger charge is -2.17. The van der Waals surface area contributed by atoms with Crippen molar-refractivity contribution in [3.8, 4) is 0 Å². The fourth-order valence-electron chi connectivity index (χ4n) is 0.496. The molecule has 0 rings (SSSR count). The summed E-state index contributed by atoms with van der Waals surface area (Å²) in [5.41, 5.74) is -0.145. The summed E-state index contributed by atoms with van der Waals surface area (Å²) in [5.74, 6) is 0. The number of rotatable bonds is 4. The third-order valence-electron chi connectivity index (χ3n) is 1.53. The Bertz CT molecular complexity index is 157. The van der Waals surface area contributed by atoms with Gasteiger partial charge in [0.2, 0.25) is 7.37 Å². The van der Waals surface area contributed by atoms with Gasteiger partial charge in [-0.3, -0.25) is 4.57 Å². The van der Waals surface area contributed by atoms with Crippen LogP contribution in [0.25, 0.3) is 0 Å². The van der Waals surface area contributed by atoms with E-state index in [-0.39, 0.29) is 18.0 Å². The molecule has 1 unspecified atom stereocenters. The first kappa shape index (κ1) is 11.2. The zero-order chi connectivity index (χ0) is 9.07. The van der Waals surface area contributed by atoms with Crippen LogP contribution in [0.3, 0.4) is 0 Å². The average Bonchev–Trinajstić information content (AvgIpc) is 1.84. The molecular weight excluding hydrogens is 161 g/mol. The predicted molar refractivity (Wildman–Crippen MR) is 48.1 cm³/mol. The molecule has 0 aliphatic heterocycles. The fraction of sp³-hybridized carbons (Fsp3) is 1.00. The minimum Gasteiger partial charge on any atom is -0.343 e. The maximum absolute atomic E-state index is 11.3. The molecule has 4 heteroatoms. The van der Waals surface area contributed by atoms with E-state index in [1.807, 2.05) is 13.8 Å².